The van der Waals surface area contributed by atoms with E-state index in [1.807, 2.05) is 0 Å². The normalized spacial score (nSPS) is 10.3. The highest BCUT2D eigenvalue weighted by molar-refractivity contribution is 5.71. The summed E-state index contributed by atoms with van der Waals surface area (Å²) in [5.41, 5.74) is 0.692. The molecule has 0 aliphatic carbocycles. The van der Waals surface area contributed by atoms with E-state index in [1.54, 1.807) is 6.92 Å². The first kappa shape index (κ1) is 15.4. The van der Waals surface area contributed by atoms with Gasteiger partial charge in [0.15, 0.2) is 6.61 Å². The average molecular weight is 269 g/mol. The quantitative estimate of drug-likeness (QED) is 0.581. The van der Waals surface area contributed by atoms with Crippen LogP contribution in [0.4, 0.5) is 4.39 Å². The summed E-state index contributed by atoms with van der Waals surface area (Å²) in [6, 6.07) is 4.24. The van der Waals surface area contributed by atoms with Crippen LogP contribution < -0.4 is 10.1 Å². The van der Waals surface area contributed by atoms with Gasteiger partial charge in [0, 0.05) is 12.1 Å². The van der Waals surface area contributed by atoms with Crippen LogP contribution in [0.5, 0.6) is 5.75 Å². The van der Waals surface area contributed by atoms with Crippen molar-refractivity contribution in [2.75, 3.05) is 19.8 Å². The molecule has 0 saturated carbocycles. The minimum atomic E-state index is -0.431. The second-order valence-electron chi connectivity index (χ2n) is 4.02. The van der Waals surface area contributed by atoms with Gasteiger partial charge in [-0.3, -0.25) is 0 Å². The molecule has 19 heavy (non-hydrogen) atoms. The van der Waals surface area contributed by atoms with Gasteiger partial charge < -0.3 is 14.8 Å². The predicted molar refractivity (Wildman–Crippen MR) is 70.5 cm³/mol. The van der Waals surface area contributed by atoms with Gasteiger partial charge in [0.2, 0.25) is 0 Å². The van der Waals surface area contributed by atoms with Gasteiger partial charge in [-0.25, -0.2) is 9.18 Å². The second kappa shape index (κ2) is 8.48. The zero-order chi connectivity index (χ0) is 14.1. The van der Waals surface area contributed by atoms with Crippen molar-refractivity contribution in [2.45, 2.75) is 26.8 Å². The first-order chi connectivity index (χ1) is 9.17. The molecule has 0 heterocycles. The number of hydrogen-bond donors (Lipinski definition) is 1. The lowest BCUT2D eigenvalue weighted by Gasteiger charge is -2.11. The second-order valence-corrected chi connectivity index (χ2v) is 4.02. The average Bonchev–Trinajstić information content (AvgIpc) is 2.38. The van der Waals surface area contributed by atoms with Crippen LogP contribution in [0.1, 0.15) is 25.8 Å². The Balaban J connectivity index is 2.62. The lowest BCUT2D eigenvalue weighted by molar-refractivity contribution is -0.145. The summed E-state index contributed by atoms with van der Waals surface area (Å²) in [6.07, 6.45) is 0.994. The first-order valence-corrected chi connectivity index (χ1v) is 6.45. The van der Waals surface area contributed by atoms with E-state index in [2.05, 4.69) is 12.2 Å². The molecule has 0 saturated heterocycles. The molecular weight excluding hydrogens is 249 g/mol. The summed E-state index contributed by atoms with van der Waals surface area (Å²) in [5.74, 6) is -0.255. The van der Waals surface area contributed by atoms with Gasteiger partial charge in [-0.15, -0.1) is 0 Å². The number of esters is 1. The van der Waals surface area contributed by atoms with Crippen LogP contribution in [0.3, 0.4) is 0 Å². The van der Waals surface area contributed by atoms with Gasteiger partial charge in [0.1, 0.15) is 11.6 Å². The number of ether oxygens (including phenoxy) is 2. The van der Waals surface area contributed by atoms with Crippen LogP contribution in [-0.4, -0.2) is 25.7 Å². The third-order valence-electron chi connectivity index (χ3n) is 2.42. The minimum Gasteiger partial charge on any atom is -0.482 e. The van der Waals surface area contributed by atoms with Crippen molar-refractivity contribution in [3.63, 3.8) is 0 Å². The molecule has 106 valence electrons. The number of carbonyl (C=O) groups is 1. The molecular formula is C14H20FNO3. The maximum atomic E-state index is 13.2. The lowest BCUT2D eigenvalue weighted by Crippen LogP contribution is -2.18. The molecule has 0 bridgehead atoms. The summed E-state index contributed by atoms with van der Waals surface area (Å²) in [5, 5.41) is 3.17. The molecule has 0 radical (unpaired) electrons. The lowest BCUT2D eigenvalue weighted by atomic mass is 10.2. The Kier molecular flexibility index (Phi) is 6.89. The third kappa shape index (κ3) is 5.70. The Labute approximate surface area is 112 Å². The van der Waals surface area contributed by atoms with Crippen LogP contribution in [-0.2, 0) is 16.1 Å². The van der Waals surface area contributed by atoms with Gasteiger partial charge in [0.25, 0.3) is 0 Å². The molecule has 0 atom stereocenters. The molecule has 0 unspecified atom stereocenters. The van der Waals surface area contributed by atoms with Crippen molar-refractivity contribution < 1.29 is 18.7 Å². The first-order valence-electron chi connectivity index (χ1n) is 6.45. The molecule has 0 spiro atoms. The van der Waals surface area contributed by atoms with E-state index in [0.717, 1.165) is 13.0 Å². The minimum absolute atomic E-state index is 0.166. The van der Waals surface area contributed by atoms with Gasteiger partial charge in [-0.1, -0.05) is 6.92 Å². The number of halogens is 1. The molecule has 4 nitrogen and oxygen atoms in total. The number of nitrogens with one attached hydrogen (secondary N) is 1. The summed E-state index contributed by atoms with van der Waals surface area (Å²) in [7, 11) is 0. The number of benzene rings is 1. The molecule has 0 aliphatic rings. The maximum Gasteiger partial charge on any atom is 0.344 e. The summed E-state index contributed by atoms with van der Waals surface area (Å²) in [4.78, 5) is 11.2. The van der Waals surface area contributed by atoms with Crippen molar-refractivity contribution in [1.29, 1.82) is 0 Å². The van der Waals surface area contributed by atoms with Crippen LogP contribution in [0.25, 0.3) is 0 Å². The van der Waals surface area contributed by atoms with Gasteiger partial charge in [-0.2, -0.15) is 0 Å². The van der Waals surface area contributed by atoms with E-state index >= 15 is 0 Å². The molecule has 1 aromatic rings. The SMILES string of the molecule is CCCNCc1cc(F)ccc1OCC(=O)OCC. The highest BCUT2D eigenvalue weighted by Crippen LogP contribution is 2.19. The van der Waals surface area contributed by atoms with E-state index in [-0.39, 0.29) is 12.4 Å². The van der Waals surface area contributed by atoms with E-state index < -0.39 is 5.97 Å². The highest BCUT2D eigenvalue weighted by atomic mass is 19.1. The van der Waals surface area contributed by atoms with E-state index in [1.165, 1.54) is 18.2 Å². The standard InChI is InChI=1S/C14H20FNO3/c1-3-7-16-9-11-8-12(15)5-6-13(11)19-10-14(17)18-4-2/h5-6,8,16H,3-4,7,9-10H2,1-2H3. The van der Waals surface area contributed by atoms with Crippen molar-refractivity contribution >= 4 is 5.97 Å². The van der Waals surface area contributed by atoms with Crippen LogP contribution in [0.15, 0.2) is 18.2 Å². The Bertz CT molecular complexity index is 410. The summed E-state index contributed by atoms with van der Waals surface area (Å²) >= 11 is 0. The maximum absolute atomic E-state index is 13.2. The fourth-order valence-corrected chi connectivity index (χ4v) is 1.57. The Morgan fingerprint density at radius 1 is 1.37 bits per heavy atom. The fraction of sp³-hybridized carbons (Fsp3) is 0.500. The van der Waals surface area contributed by atoms with Gasteiger partial charge >= 0.3 is 5.97 Å². The largest absolute Gasteiger partial charge is 0.482 e. The highest BCUT2D eigenvalue weighted by Gasteiger charge is 2.08. The summed E-state index contributed by atoms with van der Waals surface area (Å²) < 4.78 is 23.3. The molecule has 1 N–H and O–H groups in total. The van der Waals surface area contributed by atoms with E-state index in [9.17, 15) is 9.18 Å². The van der Waals surface area contributed by atoms with E-state index in [4.69, 9.17) is 9.47 Å². The molecule has 0 aromatic heterocycles. The number of carbonyl (C=O) groups excluding carboxylic acids is 1. The van der Waals surface area contributed by atoms with E-state index in [0.29, 0.717) is 24.5 Å². The molecule has 0 aliphatic heterocycles. The molecule has 1 aromatic carbocycles. The Hall–Kier alpha value is -1.62. The van der Waals surface area contributed by atoms with Gasteiger partial charge in [-0.05, 0) is 38.1 Å². The third-order valence-corrected chi connectivity index (χ3v) is 2.42. The zero-order valence-electron chi connectivity index (χ0n) is 11.4. The smallest absolute Gasteiger partial charge is 0.344 e. The van der Waals surface area contributed by atoms with Crippen LogP contribution >= 0.6 is 0 Å². The number of hydrogen-bond acceptors (Lipinski definition) is 4. The van der Waals surface area contributed by atoms with Crippen molar-refractivity contribution in [2.24, 2.45) is 0 Å². The van der Waals surface area contributed by atoms with Crippen molar-refractivity contribution in [3.8, 4) is 5.75 Å². The predicted octanol–water partition coefficient (Wildman–Crippen LogP) is 2.27. The topological polar surface area (TPSA) is 47.6 Å². The molecule has 0 fully saturated rings. The molecule has 5 heteroatoms. The van der Waals surface area contributed by atoms with Crippen LogP contribution in [0, 0.1) is 5.82 Å². The molecule has 1 rings (SSSR count). The zero-order valence-corrected chi connectivity index (χ0v) is 11.4. The van der Waals surface area contributed by atoms with Crippen molar-refractivity contribution in [1.82, 2.24) is 5.32 Å². The summed E-state index contributed by atoms with van der Waals surface area (Å²) in [6.45, 7) is 5.28. The van der Waals surface area contributed by atoms with Crippen molar-refractivity contribution in [3.05, 3.63) is 29.6 Å². The van der Waals surface area contributed by atoms with Gasteiger partial charge in [0.05, 0.1) is 6.61 Å². The monoisotopic (exact) mass is 269 g/mol. The molecule has 0 amide bonds. The van der Waals surface area contributed by atoms with Crippen LogP contribution in [0.2, 0.25) is 0 Å². The Morgan fingerprint density at radius 3 is 2.84 bits per heavy atom. The number of rotatable bonds is 8. The Morgan fingerprint density at radius 2 is 2.16 bits per heavy atom. The fourth-order valence-electron chi connectivity index (χ4n) is 1.57.